The molecule has 1 aliphatic heterocycles. The van der Waals surface area contributed by atoms with E-state index in [0.717, 1.165) is 38.2 Å². The SMILES string of the molecule is Clc1nc(Cl)nc(Cl)n1.[C-]#[N+]CN(c1ccccc1)c1nc(NC[C@@H]2CCCN2CC)nc(NC2CCCCCC2)n1. The van der Waals surface area contributed by atoms with Gasteiger partial charge in [-0.05, 0) is 85.7 Å². The molecule has 5 rings (SSSR count). The molecule has 0 amide bonds. The van der Waals surface area contributed by atoms with Crippen molar-refractivity contribution in [2.75, 3.05) is 41.8 Å². The lowest BCUT2D eigenvalue weighted by molar-refractivity contribution is 0.277. The summed E-state index contributed by atoms with van der Waals surface area (Å²) in [5.74, 6) is 1.67. The third-order valence-corrected chi connectivity index (χ3v) is 7.80. The first kappa shape index (κ1) is 31.9. The zero-order valence-electron chi connectivity index (χ0n) is 23.7. The standard InChI is InChI=1S/C25H36N8.C3Cl3N3/c1-3-32-17-11-16-22(32)18-27-23-29-24(28-20-12-7-4-5-8-13-20)31-25(30-23)33(19-26-2)21-14-9-6-10-15-21;4-1-7-2(5)9-3(6)8-1/h6,9-10,14-15,20,22H,3-5,7-8,11-13,16-19H2,1H3,(H2,27,28,29,30,31);/t22-;/m0./s1. The third-order valence-electron chi connectivity index (χ3n) is 7.29. The minimum absolute atomic E-state index is 0.000000000000000444. The first-order valence-electron chi connectivity index (χ1n) is 14.3. The Morgan fingerprint density at radius 1 is 0.857 bits per heavy atom. The van der Waals surface area contributed by atoms with Crippen LogP contribution in [0.25, 0.3) is 4.85 Å². The molecule has 3 heterocycles. The van der Waals surface area contributed by atoms with Gasteiger partial charge in [-0.3, -0.25) is 9.74 Å². The molecule has 1 atom stereocenters. The summed E-state index contributed by atoms with van der Waals surface area (Å²) in [7, 11) is 0. The van der Waals surface area contributed by atoms with E-state index >= 15 is 0 Å². The van der Waals surface area contributed by atoms with Crippen LogP contribution in [-0.4, -0.2) is 73.2 Å². The average molecular weight is 633 g/mol. The van der Waals surface area contributed by atoms with Gasteiger partial charge in [0.15, 0.2) is 0 Å². The highest BCUT2D eigenvalue weighted by atomic mass is 35.5. The number of para-hydroxylation sites is 1. The Balaban J connectivity index is 0.000000385. The molecule has 11 nitrogen and oxygen atoms in total. The average Bonchev–Trinajstić information content (AvgIpc) is 3.29. The van der Waals surface area contributed by atoms with Crippen LogP contribution in [-0.2, 0) is 0 Å². The smallest absolute Gasteiger partial charge is 0.295 e. The van der Waals surface area contributed by atoms with Crippen LogP contribution in [0.2, 0.25) is 15.9 Å². The minimum atomic E-state index is 0.000000000000000444. The molecule has 0 bridgehead atoms. The number of anilines is 4. The molecule has 0 spiro atoms. The first-order chi connectivity index (χ1) is 20.4. The molecule has 224 valence electrons. The van der Waals surface area contributed by atoms with Gasteiger partial charge in [-0.1, -0.05) is 50.8 Å². The number of nitrogens with one attached hydrogen (secondary N) is 2. The van der Waals surface area contributed by atoms with Crippen LogP contribution in [0.4, 0.5) is 23.5 Å². The van der Waals surface area contributed by atoms with Crippen LogP contribution < -0.4 is 15.5 Å². The van der Waals surface area contributed by atoms with Gasteiger partial charge < -0.3 is 10.6 Å². The number of likely N-dealkylation sites (N-methyl/N-ethyl adjacent to an activating group) is 1. The Kier molecular flexibility index (Phi) is 12.6. The van der Waals surface area contributed by atoms with Crippen LogP contribution >= 0.6 is 34.8 Å². The molecule has 0 unspecified atom stereocenters. The molecule has 2 aliphatic rings. The van der Waals surface area contributed by atoms with Crippen molar-refractivity contribution in [3.63, 3.8) is 0 Å². The van der Waals surface area contributed by atoms with Gasteiger partial charge in [-0.15, -0.1) is 0 Å². The van der Waals surface area contributed by atoms with Crippen LogP contribution in [0.15, 0.2) is 30.3 Å². The number of benzene rings is 1. The monoisotopic (exact) mass is 631 g/mol. The maximum absolute atomic E-state index is 7.48. The molecule has 0 radical (unpaired) electrons. The summed E-state index contributed by atoms with van der Waals surface area (Å²) in [4.78, 5) is 32.6. The van der Waals surface area contributed by atoms with E-state index in [1.54, 1.807) is 0 Å². The summed E-state index contributed by atoms with van der Waals surface area (Å²) in [5.41, 5.74) is 0.902. The number of likely N-dealkylation sites (tertiary alicyclic amines) is 1. The summed E-state index contributed by atoms with van der Waals surface area (Å²) in [5, 5.41) is 7.06. The van der Waals surface area contributed by atoms with E-state index in [2.05, 4.69) is 42.3 Å². The number of hydrogen-bond donors (Lipinski definition) is 2. The van der Waals surface area contributed by atoms with Gasteiger partial charge in [0.2, 0.25) is 33.7 Å². The van der Waals surface area contributed by atoms with Crippen molar-refractivity contribution in [2.45, 2.75) is 70.4 Å². The normalized spacial score (nSPS) is 17.5. The van der Waals surface area contributed by atoms with Crippen molar-refractivity contribution in [1.82, 2.24) is 34.8 Å². The maximum atomic E-state index is 7.48. The fraction of sp³-hybridized carbons (Fsp3) is 0.536. The van der Waals surface area contributed by atoms with Gasteiger partial charge in [0, 0.05) is 18.6 Å². The number of halogens is 3. The quantitative estimate of drug-likeness (QED) is 0.194. The molecule has 3 aromatic rings. The zero-order valence-corrected chi connectivity index (χ0v) is 26.0. The predicted molar refractivity (Wildman–Crippen MR) is 169 cm³/mol. The molecule has 42 heavy (non-hydrogen) atoms. The summed E-state index contributed by atoms with van der Waals surface area (Å²) in [6.07, 6.45) is 9.80. The Labute approximate surface area is 262 Å². The van der Waals surface area contributed by atoms with Crippen molar-refractivity contribution in [1.29, 1.82) is 0 Å². The van der Waals surface area contributed by atoms with Gasteiger partial charge >= 0.3 is 0 Å². The molecule has 1 saturated heterocycles. The topological polar surface area (TPSA) is 112 Å². The van der Waals surface area contributed by atoms with E-state index in [-0.39, 0.29) is 22.5 Å². The molecular formula is C28H36Cl3N11. The van der Waals surface area contributed by atoms with E-state index in [0.29, 0.717) is 29.9 Å². The number of hydrogen-bond acceptors (Lipinski definition) is 10. The van der Waals surface area contributed by atoms with E-state index in [4.69, 9.17) is 56.3 Å². The summed E-state index contributed by atoms with van der Waals surface area (Å²) >= 11 is 16.0. The second-order valence-corrected chi connectivity index (χ2v) is 11.1. The molecule has 2 aromatic heterocycles. The zero-order chi connectivity index (χ0) is 29.7. The number of rotatable bonds is 9. The van der Waals surface area contributed by atoms with Crippen LogP contribution in [0.5, 0.6) is 0 Å². The van der Waals surface area contributed by atoms with Crippen molar-refractivity contribution < 1.29 is 0 Å². The van der Waals surface area contributed by atoms with Crippen molar-refractivity contribution in [3.8, 4) is 0 Å². The fourth-order valence-electron chi connectivity index (χ4n) is 5.23. The van der Waals surface area contributed by atoms with E-state index in [9.17, 15) is 0 Å². The number of aromatic nitrogens is 6. The second-order valence-electron chi connectivity index (χ2n) is 10.1. The molecule has 2 fully saturated rings. The van der Waals surface area contributed by atoms with Gasteiger partial charge in [-0.2, -0.15) is 29.9 Å². The lowest BCUT2D eigenvalue weighted by Crippen LogP contribution is -2.35. The Bertz CT molecular complexity index is 1250. The number of nitrogens with zero attached hydrogens (tertiary/aromatic N) is 9. The van der Waals surface area contributed by atoms with Gasteiger partial charge in [-0.25, -0.2) is 11.5 Å². The Hall–Kier alpha value is -3.04. The molecule has 1 aliphatic carbocycles. The molecule has 1 aromatic carbocycles. The highest BCUT2D eigenvalue weighted by Crippen LogP contribution is 2.26. The molecular weight excluding hydrogens is 597 g/mol. The van der Waals surface area contributed by atoms with Crippen LogP contribution in [0.3, 0.4) is 0 Å². The third kappa shape index (κ3) is 9.76. The summed E-state index contributed by atoms with van der Waals surface area (Å²) in [6, 6.07) is 10.8. The molecule has 2 N–H and O–H groups in total. The summed E-state index contributed by atoms with van der Waals surface area (Å²) in [6.45, 7) is 12.9. The second kappa shape index (κ2) is 16.6. The lowest BCUT2D eigenvalue weighted by Gasteiger charge is -2.24. The fourth-order valence-corrected chi connectivity index (χ4v) is 5.84. The Morgan fingerprint density at radius 3 is 2.12 bits per heavy atom. The van der Waals surface area contributed by atoms with Gasteiger partial charge in [0.1, 0.15) is 0 Å². The van der Waals surface area contributed by atoms with E-state index in [1.807, 2.05) is 35.2 Å². The van der Waals surface area contributed by atoms with Crippen LogP contribution in [0.1, 0.15) is 58.3 Å². The molecule has 14 heteroatoms. The highest BCUT2D eigenvalue weighted by molar-refractivity contribution is 6.33. The van der Waals surface area contributed by atoms with Crippen LogP contribution in [0, 0.1) is 6.57 Å². The van der Waals surface area contributed by atoms with Crippen molar-refractivity contribution >= 4 is 58.3 Å². The van der Waals surface area contributed by atoms with Gasteiger partial charge in [0.05, 0.1) is 5.69 Å². The van der Waals surface area contributed by atoms with Crippen molar-refractivity contribution in [3.05, 3.63) is 57.6 Å². The highest BCUT2D eigenvalue weighted by Gasteiger charge is 2.24. The summed E-state index contributed by atoms with van der Waals surface area (Å²) < 4.78 is 0. The first-order valence-corrected chi connectivity index (χ1v) is 15.5. The largest absolute Gasteiger partial charge is 0.352 e. The predicted octanol–water partition coefficient (Wildman–Crippen LogP) is 6.75. The van der Waals surface area contributed by atoms with E-state index in [1.165, 1.54) is 38.5 Å². The lowest BCUT2D eigenvalue weighted by atomic mass is 10.1. The minimum Gasteiger partial charge on any atom is -0.352 e. The Morgan fingerprint density at radius 2 is 1.50 bits per heavy atom. The molecule has 1 saturated carbocycles. The van der Waals surface area contributed by atoms with Gasteiger partial charge in [0.25, 0.3) is 6.67 Å². The van der Waals surface area contributed by atoms with Crippen molar-refractivity contribution in [2.24, 2.45) is 0 Å². The maximum Gasteiger partial charge on any atom is 0.295 e. The van der Waals surface area contributed by atoms with E-state index < -0.39 is 0 Å².